The van der Waals surface area contributed by atoms with Crippen LogP contribution in [0.1, 0.15) is 20.8 Å². The van der Waals surface area contributed by atoms with Gasteiger partial charge in [-0.3, -0.25) is 4.99 Å². The van der Waals surface area contributed by atoms with Crippen molar-refractivity contribution in [1.82, 2.24) is 14.9 Å². The first-order chi connectivity index (χ1) is 12.1. The second kappa shape index (κ2) is 8.24. The molecule has 0 amide bonds. The Hall–Kier alpha value is -1.17. The molecule has 1 fully saturated rings. The van der Waals surface area contributed by atoms with Crippen LogP contribution in [0.4, 0.5) is 0 Å². The van der Waals surface area contributed by atoms with E-state index >= 15 is 0 Å². The zero-order valence-corrected chi connectivity index (χ0v) is 17.7. The first-order valence-corrected chi connectivity index (χ1v) is 12.4. The largest absolute Gasteiger partial charge is 0.357 e. The molecule has 0 unspecified atom stereocenters. The number of guanidine groups is 1. The normalized spacial score (nSPS) is 20.1. The number of hydrogen-bond acceptors (Lipinski definition) is 6. The molecule has 11 heteroatoms. The average molecular weight is 423 g/mol. The molecular weight excluding hydrogens is 396 g/mol. The lowest BCUT2D eigenvalue weighted by Crippen LogP contribution is -2.57. The molecule has 26 heavy (non-hydrogen) atoms. The number of sulfonamides is 1. The highest BCUT2D eigenvalue weighted by atomic mass is 32.2. The molecule has 0 aromatic carbocycles. The highest BCUT2D eigenvalue weighted by molar-refractivity contribution is 7.92. The minimum Gasteiger partial charge on any atom is -0.357 e. The van der Waals surface area contributed by atoms with Crippen molar-refractivity contribution in [3.63, 3.8) is 0 Å². The van der Waals surface area contributed by atoms with Crippen LogP contribution in [0.5, 0.6) is 0 Å². The van der Waals surface area contributed by atoms with Crippen molar-refractivity contribution in [3.05, 3.63) is 17.5 Å². The van der Waals surface area contributed by atoms with E-state index in [1.807, 2.05) is 11.8 Å². The number of rotatable bonds is 6. The van der Waals surface area contributed by atoms with Crippen LogP contribution in [0, 0.1) is 0 Å². The Kier molecular flexibility index (Phi) is 6.70. The van der Waals surface area contributed by atoms with Crippen molar-refractivity contribution in [2.24, 2.45) is 4.99 Å². The molecule has 2 rings (SSSR count). The zero-order chi connectivity index (χ0) is 19.4. The summed E-state index contributed by atoms with van der Waals surface area (Å²) in [6.07, 6.45) is 0. The summed E-state index contributed by atoms with van der Waals surface area (Å²) in [5, 5.41) is 4.86. The first-order valence-electron chi connectivity index (χ1n) is 8.38. The van der Waals surface area contributed by atoms with Gasteiger partial charge in [0, 0.05) is 26.2 Å². The third-order valence-electron chi connectivity index (χ3n) is 4.10. The van der Waals surface area contributed by atoms with Crippen LogP contribution in [-0.4, -0.2) is 70.9 Å². The van der Waals surface area contributed by atoms with E-state index in [1.54, 1.807) is 31.4 Å². The van der Waals surface area contributed by atoms with Gasteiger partial charge >= 0.3 is 0 Å². The standard InChI is InChI=1S/C15H26N4O4S3/c1-4-16-14(19-9-11-25(20,21)15(2,3)12-19)17-7-8-18-26(22,23)13-6-5-10-24-13/h5-6,10,18H,4,7-9,11-12H2,1-3H3,(H,16,17). The first kappa shape index (κ1) is 21.1. The fourth-order valence-corrected chi connectivity index (χ4v) is 6.00. The molecule has 0 aliphatic carbocycles. The fourth-order valence-electron chi connectivity index (χ4n) is 2.58. The van der Waals surface area contributed by atoms with Gasteiger partial charge in [-0.05, 0) is 32.2 Å². The molecule has 1 aromatic heterocycles. The van der Waals surface area contributed by atoms with Gasteiger partial charge in [0.1, 0.15) is 4.21 Å². The second-order valence-electron chi connectivity index (χ2n) is 6.57. The van der Waals surface area contributed by atoms with E-state index in [4.69, 9.17) is 0 Å². The van der Waals surface area contributed by atoms with E-state index in [0.717, 1.165) is 11.3 Å². The van der Waals surface area contributed by atoms with Crippen LogP contribution in [0.25, 0.3) is 0 Å². The zero-order valence-electron chi connectivity index (χ0n) is 15.2. The summed E-state index contributed by atoms with van der Waals surface area (Å²) in [6.45, 7) is 7.16. The monoisotopic (exact) mass is 422 g/mol. The third kappa shape index (κ3) is 4.96. The average Bonchev–Trinajstić information content (AvgIpc) is 3.08. The summed E-state index contributed by atoms with van der Waals surface area (Å²) in [5.41, 5.74) is 0. The van der Waals surface area contributed by atoms with Crippen LogP contribution < -0.4 is 10.0 Å². The third-order valence-corrected chi connectivity index (χ3v) is 9.49. The quantitative estimate of drug-likeness (QED) is 0.393. The summed E-state index contributed by atoms with van der Waals surface area (Å²) in [6, 6.07) is 3.24. The maximum Gasteiger partial charge on any atom is 0.250 e. The van der Waals surface area contributed by atoms with Gasteiger partial charge in [-0.15, -0.1) is 11.3 Å². The molecule has 2 N–H and O–H groups in total. The Balaban J connectivity index is 1.99. The van der Waals surface area contributed by atoms with Crippen molar-refractivity contribution in [3.8, 4) is 0 Å². The number of nitrogens with one attached hydrogen (secondary N) is 2. The summed E-state index contributed by atoms with van der Waals surface area (Å²) in [7, 11) is -6.63. The number of thiophene rings is 1. The number of nitrogens with zero attached hydrogens (tertiary/aromatic N) is 2. The molecule has 0 spiro atoms. The van der Waals surface area contributed by atoms with Crippen molar-refractivity contribution < 1.29 is 16.8 Å². The molecule has 0 bridgehead atoms. The SMILES string of the molecule is CCNC(=NCCNS(=O)(=O)c1cccs1)N1CCS(=O)(=O)C(C)(C)C1. The lowest BCUT2D eigenvalue weighted by molar-refractivity contribution is 0.353. The Morgan fingerprint density at radius 1 is 1.42 bits per heavy atom. The summed E-state index contributed by atoms with van der Waals surface area (Å²) in [5.74, 6) is 0.681. The molecule has 8 nitrogen and oxygen atoms in total. The van der Waals surface area contributed by atoms with Crippen LogP contribution in [-0.2, 0) is 19.9 Å². The van der Waals surface area contributed by atoms with E-state index in [0.29, 0.717) is 25.6 Å². The topological polar surface area (TPSA) is 108 Å². The van der Waals surface area contributed by atoms with Crippen molar-refractivity contribution in [1.29, 1.82) is 0 Å². The number of aliphatic imine (C=N–C) groups is 1. The number of hydrogen-bond donors (Lipinski definition) is 2. The molecule has 0 radical (unpaired) electrons. The molecule has 148 valence electrons. The molecule has 0 saturated carbocycles. The Morgan fingerprint density at radius 2 is 2.15 bits per heavy atom. The summed E-state index contributed by atoms with van der Waals surface area (Å²) in [4.78, 5) is 6.36. The summed E-state index contributed by atoms with van der Waals surface area (Å²) >= 11 is 1.16. The highest BCUT2D eigenvalue weighted by Gasteiger charge is 2.40. The lowest BCUT2D eigenvalue weighted by atomic mass is 10.2. The summed E-state index contributed by atoms with van der Waals surface area (Å²) < 4.78 is 50.4. The molecule has 1 aliphatic rings. The smallest absolute Gasteiger partial charge is 0.250 e. The second-order valence-corrected chi connectivity index (χ2v) is 12.3. The molecule has 2 heterocycles. The maximum absolute atomic E-state index is 12.1. The van der Waals surface area contributed by atoms with E-state index in [1.165, 1.54) is 0 Å². The molecular formula is C15H26N4O4S3. The van der Waals surface area contributed by atoms with Crippen molar-refractivity contribution in [2.45, 2.75) is 29.7 Å². The van der Waals surface area contributed by atoms with Gasteiger partial charge in [0.05, 0.1) is 17.0 Å². The van der Waals surface area contributed by atoms with Crippen LogP contribution in [0.15, 0.2) is 26.7 Å². The molecule has 1 saturated heterocycles. The molecule has 1 aromatic rings. The Bertz CT molecular complexity index is 830. The minimum atomic E-state index is -3.50. The fraction of sp³-hybridized carbons (Fsp3) is 0.667. The van der Waals surface area contributed by atoms with Gasteiger partial charge in [0.15, 0.2) is 15.8 Å². The van der Waals surface area contributed by atoms with Crippen LogP contribution in [0.2, 0.25) is 0 Å². The van der Waals surface area contributed by atoms with Crippen LogP contribution >= 0.6 is 11.3 Å². The van der Waals surface area contributed by atoms with Gasteiger partial charge in [0.25, 0.3) is 0 Å². The predicted molar refractivity (Wildman–Crippen MR) is 105 cm³/mol. The van der Waals surface area contributed by atoms with E-state index in [2.05, 4.69) is 15.0 Å². The van der Waals surface area contributed by atoms with Gasteiger partial charge in [-0.1, -0.05) is 6.07 Å². The predicted octanol–water partition coefficient (Wildman–Crippen LogP) is 0.501. The lowest BCUT2D eigenvalue weighted by Gasteiger charge is -2.39. The van der Waals surface area contributed by atoms with Gasteiger partial charge in [-0.25, -0.2) is 21.6 Å². The maximum atomic E-state index is 12.1. The number of sulfone groups is 1. The van der Waals surface area contributed by atoms with E-state index < -0.39 is 24.6 Å². The van der Waals surface area contributed by atoms with Crippen LogP contribution in [0.3, 0.4) is 0 Å². The van der Waals surface area contributed by atoms with Gasteiger partial charge < -0.3 is 10.2 Å². The molecule has 1 aliphatic heterocycles. The Labute approximate surface area is 159 Å². The van der Waals surface area contributed by atoms with E-state index in [9.17, 15) is 16.8 Å². The van der Waals surface area contributed by atoms with Gasteiger partial charge in [-0.2, -0.15) is 0 Å². The van der Waals surface area contributed by atoms with E-state index in [-0.39, 0.29) is 23.1 Å². The van der Waals surface area contributed by atoms with Gasteiger partial charge in [0.2, 0.25) is 10.0 Å². The highest BCUT2D eigenvalue weighted by Crippen LogP contribution is 2.23. The van der Waals surface area contributed by atoms with Crippen molar-refractivity contribution >= 4 is 37.2 Å². The Morgan fingerprint density at radius 3 is 2.73 bits per heavy atom. The minimum absolute atomic E-state index is 0.0788. The molecule has 0 atom stereocenters. The van der Waals surface area contributed by atoms with Crippen molar-refractivity contribution in [2.75, 3.05) is 38.5 Å².